The van der Waals surface area contributed by atoms with Crippen molar-refractivity contribution < 1.29 is 23.8 Å². The van der Waals surface area contributed by atoms with Gasteiger partial charge >= 0.3 is 5.97 Å². The van der Waals surface area contributed by atoms with Crippen molar-refractivity contribution in [1.82, 2.24) is 4.98 Å². The molecule has 0 saturated carbocycles. The second-order valence-electron chi connectivity index (χ2n) is 6.54. The number of nitrogens with zero attached hydrogens (tertiary/aromatic N) is 1. The van der Waals surface area contributed by atoms with Gasteiger partial charge in [-0.05, 0) is 35.4 Å². The van der Waals surface area contributed by atoms with Crippen LogP contribution in [0.4, 0.5) is 0 Å². The van der Waals surface area contributed by atoms with Gasteiger partial charge in [-0.25, -0.2) is 4.79 Å². The molecule has 2 aromatic carbocycles. The highest BCUT2D eigenvalue weighted by molar-refractivity contribution is 6.35. The van der Waals surface area contributed by atoms with E-state index in [0.717, 1.165) is 0 Å². The number of aromatic nitrogens is 1. The first kappa shape index (κ1) is 22.6. The van der Waals surface area contributed by atoms with E-state index in [-0.39, 0.29) is 12.0 Å². The van der Waals surface area contributed by atoms with Gasteiger partial charge in [-0.3, -0.25) is 9.78 Å². The molecule has 0 saturated heterocycles. The Hall–Kier alpha value is -3.09. The van der Waals surface area contributed by atoms with Gasteiger partial charge < -0.3 is 14.2 Å². The quantitative estimate of drug-likeness (QED) is 0.333. The van der Waals surface area contributed by atoms with Gasteiger partial charge in [0.25, 0.3) is 0 Å². The summed E-state index contributed by atoms with van der Waals surface area (Å²) in [5.41, 5.74) is 1.87. The third-order valence-electron chi connectivity index (χ3n) is 4.63. The monoisotopic (exact) mass is 459 g/mol. The Morgan fingerprint density at radius 3 is 2.39 bits per heavy atom. The van der Waals surface area contributed by atoms with Crippen LogP contribution in [0.15, 0.2) is 54.9 Å². The molecule has 1 atom stereocenters. The highest BCUT2D eigenvalue weighted by Crippen LogP contribution is 2.35. The van der Waals surface area contributed by atoms with Crippen molar-refractivity contribution >= 4 is 35.5 Å². The molecule has 1 aromatic heterocycles. The maximum atomic E-state index is 12.9. The summed E-state index contributed by atoms with van der Waals surface area (Å²) < 4.78 is 16.5. The fraction of sp³-hybridized carbons (Fsp3) is 0.174. The highest BCUT2D eigenvalue weighted by atomic mass is 35.5. The number of hydrogen-bond acceptors (Lipinski definition) is 6. The van der Waals surface area contributed by atoms with Gasteiger partial charge in [0.1, 0.15) is 12.4 Å². The van der Waals surface area contributed by atoms with Gasteiger partial charge in [-0.1, -0.05) is 41.4 Å². The number of methoxy groups -OCH3 is 2. The molecule has 31 heavy (non-hydrogen) atoms. The molecule has 160 valence electrons. The predicted octanol–water partition coefficient (Wildman–Crippen LogP) is 5.36. The molecule has 0 N–H and O–H groups in total. The lowest BCUT2D eigenvalue weighted by Gasteiger charge is -2.21. The summed E-state index contributed by atoms with van der Waals surface area (Å²) in [6.07, 6.45) is 3.08. The second kappa shape index (κ2) is 10.3. The van der Waals surface area contributed by atoms with Gasteiger partial charge in [0.2, 0.25) is 0 Å². The van der Waals surface area contributed by atoms with E-state index in [1.54, 1.807) is 36.4 Å². The van der Waals surface area contributed by atoms with Crippen LogP contribution < -0.4 is 9.47 Å². The zero-order chi connectivity index (χ0) is 22.4. The van der Waals surface area contributed by atoms with Gasteiger partial charge in [0.15, 0.2) is 11.5 Å². The Bertz CT molecular complexity index is 1080. The van der Waals surface area contributed by atoms with E-state index in [9.17, 15) is 9.59 Å². The van der Waals surface area contributed by atoms with E-state index in [2.05, 4.69) is 4.98 Å². The third-order valence-corrected chi connectivity index (χ3v) is 5.28. The van der Waals surface area contributed by atoms with Crippen LogP contribution in [-0.2, 0) is 11.2 Å². The molecule has 1 heterocycles. The number of carbonyl (C=O) groups is 2. The van der Waals surface area contributed by atoms with Gasteiger partial charge in [-0.2, -0.15) is 0 Å². The zero-order valence-corrected chi connectivity index (χ0v) is 18.3. The molecule has 0 radical (unpaired) electrons. The van der Waals surface area contributed by atoms with E-state index >= 15 is 0 Å². The van der Waals surface area contributed by atoms with Crippen LogP contribution in [-0.4, -0.2) is 31.5 Å². The summed E-state index contributed by atoms with van der Waals surface area (Å²) in [6.45, 7) is 0. The number of halogens is 2. The lowest BCUT2D eigenvalue weighted by Crippen LogP contribution is -2.15. The Morgan fingerprint density at radius 1 is 1.03 bits per heavy atom. The number of esters is 1. The summed E-state index contributed by atoms with van der Waals surface area (Å²) in [5.74, 6) is 0.427. The molecule has 0 aliphatic rings. The number of aldehydes is 1. The third kappa shape index (κ3) is 5.34. The molecule has 0 aliphatic heterocycles. The van der Waals surface area contributed by atoms with Crippen molar-refractivity contribution in [3.8, 4) is 11.5 Å². The topological polar surface area (TPSA) is 74.7 Å². The molecule has 6 nitrogen and oxygen atoms in total. The first-order chi connectivity index (χ1) is 15.0. The number of carbonyl (C=O) groups excluding carboxylic acids is 2. The number of benzene rings is 2. The molecular weight excluding hydrogens is 441 g/mol. The molecule has 0 bridgehead atoms. The Morgan fingerprint density at radius 2 is 1.74 bits per heavy atom. The largest absolute Gasteiger partial charge is 0.493 e. The van der Waals surface area contributed by atoms with Crippen LogP contribution in [0, 0.1) is 0 Å². The molecular formula is C23H19Cl2NO5. The summed E-state index contributed by atoms with van der Waals surface area (Å²) in [5, 5.41) is 0.717. The first-order valence-corrected chi connectivity index (χ1v) is 9.98. The minimum absolute atomic E-state index is 0.203. The van der Waals surface area contributed by atoms with Crippen molar-refractivity contribution in [3.63, 3.8) is 0 Å². The van der Waals surface area contributed by atoms with E-state index in [1.165, 1.54) is 32.7 Å². The minimum Gasteiger partial charge on any atom is -0.493 e. The van der Waals surface area contributed by atoms with E-state index in [4.69, 9.17) is 37.4 Å². The average molecular weight is 460 g/mol. The molecule has 0 amide bonds. The van der Waals surface area contributed by atoms with Crippen LogP contribution >= 0.6 is 23.2 Å². The standard InChI is InChI=1S/C23H19Cl2NO5/c1-29-20-7-6-15(9-22(20)30-2)21(10-17-18(24)11-26-12-19(17)25)31-23(28)16-5-3-4-14(8-16)13-27/h3-9,11-13,21H,10H2,1-2H3/t21-/m0/s1. The molecule has 3 rings (SSSR count). The SMILES string of the molecule is COc1ccc([C@H](Cc2c(Cl)cncc2Cl)OC(=O)c2cccc(C=O)c2)cc1OC. The number of ether oxygens (including phenoxy) is 3. The van der Waals surface area contributed by atoms with E-state index < -0.39 is 12.1 Å². The highest BCUT2D eigenvalue weighted by Gasteiger charge is 2.23. The van der Waals surface area contributed by atoms with Crippen LogP contribution in [0.5, 0.6) is 11.5 Å². The zero-order valence-electron chi connectivity index (χ0n) is 16.8. The fourth-order valence-electron chi connectivity index (χ4n) is 3.04. The summed E-state index contributed by atoms with van der Waals surface area (Å²) in [6, 6.07) is 11.5. The van der Waals surface area contributed by atoms with Crippen molar-refractivity contribution in [2.75, 3.05) is 14.2 Å². The Kier molecular flexibility index (Phi) is 7.50. The van der Waals surface area contributed by atoms with E-state index in [0.29, 0.717) is 44.5 Å². The maximum Gasteiger partial charge on any atom is 0.338 e. The lowest BCUT2D eigenvalue weighted by atomic mass is 10.0. The van der Waals surface area contributed by atoms with Gasteiger partial charge in [0, 0.05) is 24.4 Å². The van der Waals surface area contributed by atoms with Crippen LogP contribution in [0.3, 0.4) is 0 Å². The smallest absolute Gasteiger partial charge is 0.338 e. The van der Waals surface area contributed by atoms with Crippen molar-refractivity contribution in [2.45, 2.75) is 12.5 Å². The van der Waals surface area contributed by atoms with Crippen molar-refractivity contribution in [3.05, 3.63) is 87.2 Å². The Labute approximate surface area is 189 Å². The summed E-state index contributed by atoms with van der Waals surface area (Å²) in [4.78, 5) is 27.9. The minimum atomic E-state index is -0.746. The van der Waals surface area contributed by atoms with Crippen LogP contribution in [0.2, 0.25) is 10.0 Å². The molecule has 8 heteroatoms. The molecule has 3 aromatic rings. The number of rotatable bonds is 8. The lowest BCUT2D eigenvalue weighted by molar-refractivity contribution is 0.0297. The van der Waals surface area contributed by atoms with Gasteiger partial charge in [-0.15, -0.1) is 0 Å². The predicted molar refractivity (Wildman–Crippen MR) is 117 cm³/mol. The molecule has 0 aliphatic carbocycles. The summed E-state index contributed by atoms with van der Waals surface area (Å²) in [7, 11) is 3.05. The van der Waals surface area contributed by atoms with Crippen molar-refractivity contribution in [1.29, 1.82) is 0 Å². The molecule has 0 spiro atoms. The normalized spacial score (nSPS) is 11.5. The fourth-order valence-corrected chi connectivity index (χ4v) is 3.55. The van der Waals surface area contributed by atoms with E-state index in [1.807, 2.05) is 0 Å². The maximum absolute atomic E-state index is 12.9. The van der Waals surface area contributed by atoms with Gasteiger partial charge in [0.05, 0.1) is 29.8 Å². The van der Waals surface area contributed by atoms with Crippen LogP contribution in [0.25, 0.3) is 0 Å². The average Bonchev–Trinajstić information content (AvgIpc) is 2.80. The first-order valence-electron chi connectivity index (χ1n) is 9.22. The summed E-state index contributed by atoms with van der Waals surface area (Å²) >= 11 is 12.6. The Balaban J connectivity index is 1.99. The van der Waals surface area contributed by atoms with Crippen molar-refractivity contribution in [2.24, 2.45) is 0 Å². The molecule has 0 unspecified atom stereocenters. The molecule has 0 fully saturated rings. The van der Waals surface area contributed by atoms with Crippen LogP contribution in [0.1, 0.15) is 37.9 Å². The number of hydrogen-bond donors (Lipinski definition) is 0. The second-order valence-corrected chi connectivity index (χ2v) is 7.35. The number of pyridine rings is 1.